The summed E-state index contributed by atoms with van der Waals surface area (Å²) in [5, 5.41) is 11.7. The van der Waals surface area contributed by atoms with Crippen LogP contribution >= 0.6 is 11.3 Å². The quantitative estimate of drug-likeness (QED) is 0.171. The third kappa shape index (κ3) is 5.23. The van der Waals surface area contributed by atoms with E-state index in [9.17, 15) is 19.7 Å². The number of furan rings is 1. The molecule has 0 bridgehead atoms. The van der Waals surface area contributed by atoms with Crippen LogP contribution in [0.1, 0.15) is 31.2 Å². The Hall–Kier alpha value is -4.97. The molecule has 0 aliphatic carbocycles. The van der Waals surface area contributed by atoms with E-state index >= 15 is 0 Å². The van der Waals surface area contributed by atoms with Crippen molar-refractivity contribution in [2.24, 2.45) is 4.99 Å². The van der Waals surface area contributed by atoms with E-state index < -0.39 is 16.9 Å². The summed E-state index contributed by atoms with van der Waals surface area (Å²) >= 11 is 1.16. The summed E-state index contributed by atoms with van der Waals surface area (Å²) in [6.45, 7) is 3.63. The number of fused-ring (bicyclic) bond motifs is 1. The standard InChI is InChI=1S/C30H28N4O7S/c1-6-40-29(36)26-17(2)31-30-33(27(26)18-7-9-19(10-8-18)32(3)4)28(35)25(42-30)16-21-12-14-24(41-21)22-13-11-20(39-5)15-23(22)34(37)38/h7-16,27H,6H2,1-5H3/b25-16-/t27-/m1/s1. The van der Waals surface area contributed by atoms with Crippen molar-refractivity contribution in [2.45, 2.75) is 19.9 Å². The van der Waals surface area contributed by atoms with Gasteiger partial charge >= 0.3 is 5.97 Å². The fourth-order valence-corrected chi connectivity index (χ4v) is 5.79. The minimum absolute atomic E-state index is 0.170. The van der Waals surface area contributed by atoms with Crippen LogP contribution in [0.2, 0.25) is 0 Å². The summed E-state index contributed by atoms with van der Waals surface area (Å²) in [6.07, 6.45) is 1.57. The summed E-state index contributed by atoms with van der Waals surface area (Å²) in [5.41, 5.74) is 2.21. The average Bonchev–Trinajstić information content (AvgIpc) is 3.56. The number of methoxy groups -OCH3 is 1. The second-order valence-corrected chi connectivity index (χ2v) is 10.6. The van der Waals surface area contributed by atoms with E-state index in [4.69, 9.17) is 13.9 Å². The number of nitrogens with zero attached hydrogens (tertiary/aromatic N) is 4. The maximum atomic E-state index is 13.9. The zero-order chi connectivity index (χ0) is 30.1. The van der Waals surface area contributed by atoms with Gasteiger partial charge in [-0.05, 0) is 55.8 Å². The van der Waals surface area contributed by atoms with Gasteiger partial charge in [0.15, 0.2) is 4.80 Å². The number of ether oxygens (including phenoxy) is 2. The largest absolute Gasteiger partial charge is 0.497 e. The predicted molar refractivity (Wildman–Crippen MR) is 159 cm³/mol. The maximum Gasteiger partial charge on any atom is 0.338 e. The summed E-state index contributed by atoms with van der Waals surface area (Å²) < 4.78 is 18.2. The van der Waals surface area contributed by atoms with Crippen LogP contribution in [0.4, 0.5) is 11.4 Å². The number of hydrogen-bond acceptors (Lipinski definition) is 10. The van der Waals surface area contributed by atoms with Crippen LogP contribution in [-0.2, 0) is 9.53 Å². The molecular formula is C30H28N4O7S. The van der Waals surface area contributed by atoms with Crippen LogP contribution in [-0.4, -0.2) is 43.3 Å². The van der Waals surface area contributed by atoms with Crippen LogP contribution in [0, 0.1) is 10.1 Å². The van der Waals surface area contributed by atoms with Crippen LogP contribution in [0.25, 0.3) is 17.4 Å². The molecule has 0 fully saturated rings. The maximum absolute atomic E-state index is 13.9. The summed E-state index contributed by atoms with van der Waals surface area (Å²) in [7, 11) is 5.29. The Morgan fingerprint density at radius 1 is 1.19 bits per heavy atom. The minimum atomic E-state index is -0.743. The van der Waals surface area contributed by atoms with E-state index in [1.807, 2.05) is 43.3 Å². The number of nitro benzene ring substituents is 1. The fourth-order valence-electron chi connectivity index (χ4n) is 4.76. The molecule has 0 spiro atoms. The molecule has 0 radical (unpaired) electrons. The average molecular weight is 589 g/mol. The van der Waals surface area contributed by atoms with Gasteiger partial charge in [-0.2, -0.15) is 0 Å². The molecule has 2 aromatic heterocycles. The number of allylic oxidation sites excluding steroid dienone is 1. The second-order valence-electron chi connectivity index (χ2n) is 9.63. The van der Waals surface area contributed by atoms with E-state index in [1.165, 1.54) is 17.7 Å². The predicted octanol–water partition coefficient (Wildman–Crippen LogP) is 4.04. The smallest absolute Gasteiger partial charge is 0.338 e. The number of esters is 1. The van der Waals surface area contributed by atoms with Gasteiger partial charge in [-0.1, -0.05) is 23.5 Å². The Morgan fingerprint density at radius 2 is 1.93 bits per heavy atom. The second kappa shape index (κ2) is 11.5. The van der Waals surface area contributed by atoms with Crippen molar-refractivity contribution in [2.75, 3.05) is 32.7 Å². The van der Waals surface area contributed by atoms with E-state index in [0.29, 0.717) is 32.1 Å². The lowest BCUT2D eigenvalue weighted by Crippen LogP contribution is -2.39. The van der Waals surface area contributed by atoms with Crippen LogP contribution in [0.5, 0.6) is 5.75 Å². The summed E-state index contributed by atoms with van der Waals surface area (Å²) in [5.74, 6) is 0.407. The van der Waals surface area contributed by atoms with Gasteiger partial charge in [-0.25, -0.2) is 9.79 Å². The number of carbonyl (C=O) groups excluding carboxylic acids is 1. The fraction of sp³-hybridized carbons (Fsp3) is 0.233. The van der Waals surface area contributed by atoms with Crippen molar-refractivity contribution in [1.82, 2.24) is 4.57 Å². The highest BCUT2D eigenvalue weighted by Crippen LogP contribution is 2.35. The summed E-state index contributed by atoms with van der Waals surface area (Å²) in [4.78, 5) is 45.1. The molecule has 1 atom stereocenters. The molecule has 0 amide bonds. The lowest BCUT2D eigenvalue weighted by Gasteiger charge is -2.25. The van der Waals surface area contributed by atoms with Crippen LogP contribution in [0.3, 0.4) is 0 Å². The van der Waals surface area contributed by atoms with Gasteiger partial charge in [0, 0.05) is 25.9 Å². The number of rotatable bonds is 8. The monoisotopic (exact) mass is 588 g/mol. The molecule has 0 N–H and O–H groups in total. The molecule has 5 rings (SSSR count). The molecule has 1 aliphatic rings. The van der Waals surface area contributed by atoms with Crippen LogP contribution < -0.4 is 24.5 Å². The molecule has 0 saturated heterocycles. The molecule has 0 unspecified atom stereocenters. The molecule has 1 aliphatic heterocycles. The number of benzene rings is 2. The zero-order valence-electron chi connectivity index (χ0n) is 23.6. The van der Waals surface area contributed by atoms with Crippen molar-refractivity contribution < 1.29 is 23.6 Å². The summed E-state index contributed by atoms with van der Waals surface area (Å²) in [6, 6.07) is 14.6. The van der Waals surface area contributed by atoms with Gasteiger partial charge in [0.1, 0.15) is 17.3 Å². The highest BCUT2D eigenvalue weighted by Gasteiger charge is 2.33. The molecular weight excluding hydrogens is 560 g/mol. The van der Waals surface area contributed by atoms with Crippen molar-refractivity contribution in [1.29, 1.82) is 0 Å². The highest BCUT2D eigenvalue weighted by molar-refractivity contribution is 7.07. The van der Waals surface area contributed by atoms with Gasteiger partial charge in [0.25, 0.3) is 11.2 Å². The van der Waals surface area contributed by atoms with Crippen molar-refractivity contribution in [3.63, 3.8) is 0 Å². The van der Waals surface area contributed by atoms with Gasteiger partial charge in [0.2, 0.25) is 0 Å². The molecule has 0 saturated carbocycles. The van der Waals surface area contributed by atoms with Crippen molar-refractivity contribution in [3.05, 3.63) is 107 Å². The van der Waals surface area contributed by atoms with E-state index in [2.05, 4.69) is 4.99 Å². The van der Waals surface area contributed by atoms with E-state index in [0.717, 1.165) is 22.6 Å². The Morgan fingerprint density at radius 3 is 2.57 bits per heavy atom. The van der Waals surface area contributed by atoms with Gasteiger partial charge in [0.05, 0.1) is 52.1 Å². The SMILES string of the molecule is CCOC(=O)C1=C(C)N=c2s/c(=C\c3ccc(-c4ccc(OC)cc4[N+](=O)[O-])o3)c(=O)n2[C@@H]1c1ccc(N(C)C)cc1. The van der Waals surface area contributed by atoms with Crippen molar-refractivity contribution >= 4 is 34.8 Å². The number of hydrogen-bond donors (Lipinski definition) is 0. The molecule has 11 nitrogen and oxygen atoms in total. The van der Waals surface area contributed by atoms with Gasteiger partial charge in [-0.15, -0.1) is 0 Å². The first-order valence-corrected chi connectivity index (χ1v) is 13.8. The van der Waals surface area contributed by atoms with Gasteiger partial charge in [-0.3, -0.25) is 19.5 Å². The van der Waals surface area contributed by atoms with Crippen LogP contribution in [0.15, 0.2) is 80.1 Å². The first kappa shape index (κ1) is 28.6. The number of nitro groups is 1. The van der Waals surface area contributed by atoms with E-state index in [-0.39, 0.29) is 29.2 Å². The Balaban J connectivity index is 1.62. The number of anilines is 1. The minimum Gasteiger partial charge on any atom is -0.497 e. The Labute approximate surface area is 244 Å². The first-order chi connectivity index (χ1) is 20.1. The molecule has 4 aromatic rings. The molecule has 42 heavy (non-hydrogen) atoms. The third-order valence-electron chi connectivity index (χ3n) is 6.81. The Bertz CT molecular complexity index is 1900. The zero-order valence-corrected chi connectivity index (χ0v) is 24.4. The molecule has 3 heterocycles. The number of thiazole rings is 1. The lowest BCUT2D eigenvalue weighted by atomic mass is 9.95. The lowest BCUT2D eigenvalue weighted by molar-refractivity contribution is -0.384. The molecule has 216 valence electrons. The normalized spacial score (nSPS) is 14.8. The highest BCUT2D eigenvalue weighted by atomic mass is 32.1. The molecule has 12 heteroatoms. The number of aromatic nitrogens is 1. The molecule has 2 aromatic carbocycles. The number of carbonyl (C=O) groups is 1. The third-order valence-corrected chi connectivity index (χ3v) is 7.79. The van der Waals surface area contributed by atoms with Gasteiger partial charge < -0.3 is 18.8 Å². The van der Waals surface area contributed by atoms with Crippen molar-refractivity contribution in [3.8, 4) is 17.1 Å². The Kier molecular flexibility index (Phi) is 7.81. The topological polar surface area (TPSA) is 129 Å². The first-order valence-electron chi connectivity index (χ1n) is 13.0. The van der Waals surface area contributed by atoms with E-state index in [1.54, 1.807) is 44.2 Å².